The van der Waals surface area contributed by atoms with Gasteiger partial charge in [0, 0.05) is 56.2 Å². The zero-order valence-corrected chi connectivity index (χ0v) is 22.8. The van der Waals surface area contributed by atoms with Gasteiger partial charge in [0.1, 0.15) is 0 Å². The van der Waals surface area contributed by atoms with Crippen LogP contribution < -0.4 is 15.5 Å². The second kappa shape index (κ2) is 12.1. The highest BCUT2D eigenvalue weighted by molar-refractivity contribution is 6.06. The fraction of sp³-hybridized carbons (Fsp3) is 0.533. The Labute approximate surface area is 221 Å². The summed E-state index contributed by atoms with van der Waals surface area (Å²) >= 11 is 0. The first-order valence-electron chi connectivity index (χ1n) is 13.6. The lowest BCUT2D eigenvalue weighted by Gasteiger charge is -2.33. The van der Waals surface area contributed by atoms with E-state index < -0.39 is 0 Å². The number of carbonyl (C=O) groups is 2. The Morgan fingerprint density at radius 3 is 2.27 bits per heavy atom. The molecule has 2 aliphatic heterocycles. The highest BCUT2D eigenvalue weighted by Gasteiger charge is 2.22. The van der Waals surface area contributed by atoms with Gasteiger partial charge < -0.3 is 20.3 Å². The van der Waals surface area contributed by atoms with E-state index >= 15 is 0 Å². The number of hydrogen-bond donors (Lipinski definition) is 2. The molecule has 200 valence electrons. The number of rotatable bonds is 7. The van der Waals surface area contributed by atoms with Crippen LogP contribution in [0.3, 0.4) is 0 Å². The molecule has 7 nitrogen and oxygen atoms in total. The summed E-state index contributed by atoms with van der Waals surface area (Å²) in [5.41, 5.74) is 3.97. The SMILES string of the molecule is CC1CCN(c2ccc(NC(=O)c3ccc(C(C)(C)C)cc3)cc2C(=O)NCCN2CCOCC2)CC1. The fourth-order valence-electron chi connectivity index (χ4n) is 4.89. The maximum atomic E-state index is 13.4. The lowest BCUT2D eigenvalue weighted by atomic mass is 9.87. The van der Waals surface area contributed by atoms with Gasteiger partial charge in [-0.2, -0.15) is 0 Å². The van der Waals surface area contributed by atoms with Gasteiger partial charge in [0.25, 0.3) is 11.8 Å². The molecule has 0 bridgehead atoms. The van der Waals surface area contributed by atoms with Crippen LogP contribution in [0.4, 0.5) is 11.4 Å². The Balaban J connectivity index is 1.48. The molecular formula is C30H42N4O3. The molecule has 7 heteroatoms. The van der Waals surface area contributed by atoms with Crippen molar-refractivity contribution in [3.63, 3.8) is 0 Å². The maximum Gasteiger partial charge on any atom is 0.255 e. The molecular weight excluding hydrogens is 464 g/mol. The van der Waals surface area contributed by atoms with Crippen LogP contribution in [0.15, 0.2) is 42.5 Å². The van der Waals surface area contributed by atoms with E-state index in [4.69, 9.17) is 4.74 Å². The van der Waals surface area contributed by atoms with Gasteiger partial charge in [0.2, 0.25) is 0 Å². The number of nitrogens with zero attached hydrogens (tertiary/aromatic N) is 2. The molecule has 2 N–H and O–H groups in total. The third-order valence-corrected chi connectivity index (χ3v) is 7.45. The van der Waals surface area contributed by atoms with Crippen molar-refractivity contribution in [2.24, 2.45) is 5.92 Å². The van der Waals surface area contributed by atoms with Gasteiger partial charge in [0.15, 0.2) is 0 Å². The second-order valence-corrected chi connectivity index (χ2v) is 11.4. The highest BCUT2D eigenvalue weighted by Crippen LogP contribution is 2.29. The molecule has 0 spiro atoms. The Morgan fingerprint density at radius 2 is 1.62 bits per heavy atom. The molecule has 0 aliphatic carbocycles. The van der Waals surface area contributed by atoms with Crippen LogP contribution in [-0.2, 0) is 10.2 Å². The third-order valence-electron chi connectivity index (χ3n) is 7.45. The Kier molecular flexibility index (Phi) is 8.87. The van der Waals surface area contributed by atoms with Crippen LogP contribution >= 0.6 is 0 Å². The zero-order chi connectivity index (χ0) is 26.4. The monoisotopic (exact) mass is 506 g/mol. The van der Waals surface area contributed by atoms with E-state index in [-0.39, 0.29) is 17.2 Å². The molecule has 2 aromatic carbocycles. The van der Waals surface area contributed by atoms with E-state index in [0.29, 0.717) is 29.3 Å². The lowest BCUT2D eigenvalue weighted by molar-refractivity contribution is 0.0383. The van der Waals surface area contributed by atoms with Crippen molar-refractivity contribution in [1.82, 2.24) is 10.2 Å². The van der Waals surface area contributed by atoms with E-state index in [1.165, 1.54) is 5.56 Å². The summed E-state index contributed by atoms with van der Waals surface area (Å²) in [6.45, 7) is 15.2. The maximum absolute atomic E-state index is 13.4. The highest BCUT2D eigenvalue weighted by atomic mass is 16.5. The summed E-state index contributed by atoms with van der Waals surface area (Å²) in [7, 11) is 0. The topological polar surface area (TPSA) is 73.9 Å². The quantitative estimate of drug-likeness (QED) is 0.577. The van der Waals surface area contributed by atoms with Gasteiger partial charge >= 0.3 is 0 Å². The molecule has 2 aliphatic rings. The molecule has 0 atom stereocenters. The average molecular weight is 507 g/mol. The van der Waals surface area contributed by atoms with Gasteiger partial charge in [-0.1, -0.05) is 39.8 Å². The molecule has 2 heterocycles. The Hall–Kier alpha value is -2.90. The molecule has 2 fully saturated rings. The summed E-state index contributed by atoms with van der Waals surface area (Å²) in [4.78, 5) is 31.0. The van der Waals surface area contributed by atoms with Crippen molar-refractivity contribution in [3.8, 4) is 0 Å². The number of carbonyl (C=O) groups excluding carboxylic acids is 2. The number of benzene rings is 2. The van der Waals surface area contributed by atoms with Crippen LogP contribution in [-0.4, -0.2) is 69.2 Å². The van der Waals surface area contributed by atoms with Crippen molar-refractivity contribution in [2.75, 3.05) is 62.7 Å². The average Bonchev–Trinajstić information content (AvgIpc) is 2.89. The Bertz CT molecular complexity index is 1060. The smallest absolute Gasteiger partial charge is 0.255 e. The minimum absolute atomic E-state index is 0.0289. The van der Waals surface area contributed by atoms with Crippen LogP contribution in [0, 0.1) is 5.92 Å². The van der Waals surface area contributed by atoms with E-state index in [2.05, 4.69) is 48.1 Å². The first-order chi connectivity index (χ1) is 17.7. The van der Waals surface area contributed by atoms with Gasteiger partial charge in [-0.25, -0.2) is 0 Å². The fourth-order valence-corrected chi connectivity index (χ4v) is 4.89. The molecule has 0 unspecified atom stereocenters. The second-order valence-electron chi connectivity index (χ2n) is 11.4. The van der Waals surface area contributed by atoms with Crippen LogP contribution in [0.1, 0.15) is 66.8 Å². The summed E-state index contributed by atoms with van der Waals surface area (Å²) < 4.78 is 5.42. The van der Waals surface area contributed by atoms with E-state index in [1.54, 1.807) is 0 Å². The first kappa shape index (κ1) is 27.1. The summed E-state index contributed by atoms with van der Waals surface area (Å²) in [6.07, 6.45) is 2.22. The minimum atomic E-state index is -0.182. The molecule has 37 heavy (non-hydrogen) atoms. The normalized spacial score (nSPS) is 17.5. The summed E-state index contributed by atoms with van der Waals surface area (Å²) in [5, 5.41) is 6.10. The molecule has 2 saturated heterocycles. The molecule has 2 amide bonds. The minimum Gasteiger partial charge on any atom is -0.379 e. The number of hydrogen-bond acceptors (Lipinski definition) is 5. The van der Waals surface area contributed by atoms with Crippen molar-refractivity contribution < 1.29 is 14.3 Å². The lowest BCUT2D eigenvalue weighted by Crippen LogP contribution is -2.41. The number of nitrogens with one attached hydrogen (secondary N) is 2. The number of piperidine rings is 1. The largest absolute Gasteiger partial charge is 0.379 e. The van der Waals surface area contributed by atoms with Gasteiger partial charge in [0.05, 0.1) is 18.8 Å². The molecule has 2 aromatic rings. The van der Waals surface area contributed by atoms with Crippen LogP contribution in [0.25, 0.3) is 0 Å². The van der Waals surface area contributed by atoms with Crippen molar-refractivity contribution in [3.05, 3.63) is 59.2 Å². The molecule has 4 rings (SSSR count). The summed E-state index contributed by atoms with van der Waals surface area (Å²) in [6, 6.07) is 13.4. The van der Waals surface area contributed by atoms with E-state index in [1.807, 2.05) is 42.5 Å². The van der Waals surface area contributed by atoms with Gasteiger partial charge in [-0.15, -0.1) is 0 Å². The van der Waals surface area contributed by atoms with Gasteiger partial charge in [-0.05, 0) is 60.1 Å². The van der Waals surface area contributed by atoms with E-state index in [0.717, 1.165) is 64.5 Å². The number of ether oxygens (including phenoxy) is 1. The first-order valence-corrected chi connectivity index (χ1v) is 13.6. The van der Waals surface area contributed by atoms with E-state index in [9.17, 15) is 9.59 Å². The Morgan fingerprint density at radius 1 is 0.946 bits per heavy atom. The molecule has 0 radical (unpaired) electrons. The van der Waals surface area contributed by atoms with Crippen molar-refractivity contribution in [2.45, 2.75) is 46.0 Å². The number of amides is 2. The van der Waals surface area contributed by atoms with Crippen LogP contribution in [0.2, 0.25) is 0 Å². The predicted molar refractivity (Wildman–Crippen MR) is 150 cm³/mol. The van der Waals surface area contributed by atoms with Crippen molar-refractivity contribution in [1.29, 1.82) is 0 Å². The van der Waals surface area contributed by atoms with Gasteiger partial charge in [-0.3, -0.25) is 14.5 Å². The van der Waals surface area contributed by atoms with Crippen molar-refractivity contribution >= 4 is 23.2 Å². The number of anilines is 2. The predicted octanol–water partition coefficient (Wildman–Crippen LogP) is 4.53. The van der Waals surface area contributed by atoms with Crippen LogP contribution in [0.5, 0.6) is 0 Å². The standard InChI is InChI=1S/C30H42N4O3/c1-22-11-14-34(15-12-22)27-10-9-25(32-28(35)23-5-7-24(8-6-23)30(2,3)4)21-26(27)29(36)31-13-16-33-17-19-37-20-18-33/h5-10,21-22H,11-20H2,1-4H3,(H,31,36)(H,32,35). The third kappa shape index (κ3) is 7.33. The zero-order valence-electron chi connectivity index (χ0n) is 22.8. The molecule has 0 saturated carbocycles. The summed E-state index contributed by atoms with van der Waals surface area (Å²) in [5.74, 6) is 0.413. The molecule has 0 aromatic heterocycles. The number of morpholine rings is 1.